The van der Waals surface area contributed by atoms with Crippen molar-refractivity contribution in [2.24, 2.45) is 11.8 Å². The number of hydrogen-bond donors (Lipinski definition) is 3. The van der Waals surface area contributed by atoms with E-state index in [9.17, 15) is 22.4 Å². The van der Waals surface area contributed by atoms with Gasteiger partial charge in [-0.2, -0.15) is 13.2 Å². The Morgan fingerprint density at radius 3 is 2.26 bits per heavy atom. The molecule has 1 aromatic rings. The number of nitrogens with zero attached hydrogens (tertiary/aromatic N) is 1. The number of anilines is 1. The number of halogens is 4. The van der Waals surface area contributed by atoms with Crippen molar-refractivity contribution in [3.8, 4) is 0 Å². The average molecular weight is 448 g/mol. The number of amides is 1. The fraction of sp³-hybridized carbons (Fsp3) is 0.619. The summed E-state index contributed by atoms with van der Waals surface area (Å²) in [6, 6.07) is 3.15. The quantitative estimate of drug-likeness (QED) is 0.534. The highest BCUT2D eigenvalue weighted by Gasteiger charge is 2.47. The van der Waals surface area contributed by atoms with Crippen LogP contribution >= 0.6 is 0 Å². The first-order valence-corrected chi connectivity index (χ1v) is 10.3. The van der Waals surface area contributed by atoms with Crippen LogP contribution in [0.5, 0.6) is 0 Å². The van der Waals surface area contributed by atoms with Gasteiger partial charge >= 0.3 is 12.3 Å². The van der Waals surface area contributed by atoms with Gasteiger partial charge in [-0.3, -0.25) is 9.69 Å². The summed E-state index contributed by atoms with van der Waals surface area (Å²) >= 11 is 0. The molecule has 1 amide bonds. The van der Waals surface area contributed by atoms with Crippen molar-refractivity contribution in [1.82, 2.24) is 4.90 Å². The van der Waals surface area contributed by atoms with E-state index in [0.29, 0.717) is 19.0 Å². The zero-order chi connectivity index (χ0) is 23.2. The average Bonchev–Trinajstić information content (AvgIpc) is 3.48. The van der Waals surface area contributed by atoms with Crippen molar-refractivity contribution in [2.75, 3.05) is 18.4 Å². The number of likely N-dealkylation sites (tertiary alicyclic amines) is 1. The molecule has 174 valence electrons. The van der Waals surface area contributed by atoms with Crippen molar-refractivity contribution >= 4 is 17.7 Å². The molecule has 2 unspecified atom stereocenters. The van der Waals surface area contributed by atoms with Crippen molar-refractivity contribution in [1.29, 1.82) is 0 Å². The molecule has 1 heterocycles. The number of hydrogen-bond acceptors (Lipinski definition) is 3. The van der Waals surface area contributed by atoms with E-state index in [2.05, 4.69) is 5.32 Å². The number of carboxylic acid groups (broad SMARTS) is 2. The normalized spacial score (nSPS) is 19.0. The van der Waals surface area contributed by atoms with Crippen molar-refractivity contribution in [3.05, 3.63) is 29.6 Å². The molecule has 1 aliphatic carbocycles. The van der Waals surface area contributed by atoms with Gasteiger partial charge in [0.1, 0.15) is 11.9 Å². The lowest BCUT2D eigenvalue weighted by atomic mass is 9.96. The maximum absolute atomic E-state index is 14.2. The van der Waals surface area contributed by atoms with E-state index < -0.39 is 36.0 Å². The van der Waals surface area contributed by atoms with Crippen LogP contribution < -0.4 is 5.32 Å². The summed E-state index contributed by atoms with van der Waals surface area (Å²) < 4.78 is 54.3. The van der Waals surface area contributed by atoms with Crippen LogP contribution in [0.2, 0.25) is 0 Å². The zero-order valence-electron chi connectivity index (χ0n) is 17.3. The predicted octanol–water partition coefficient (Wildman–Crippen LogP) is 4.99. The lowest BCUT2D eigenvalue weighted by Crippen LogP contribution is -2.53. The molecule has 1 saturated heterocycles. The van der Waals surface area contributed by atoms with E-state index in [0.717, 1.165) is 51.0 Å². The molecule has 3 N–H and O–H groups in total. The third-order valence-corrected chi connectivity index (χ3v) is 5.55. The molecule has 1 aromatic carbocycles. The van der Waals surface area contributed by atoms with Crippen LogP contribution in [0.15, 0.2) is 18.2 Å². The van der Waals surface area contributed by atoms with Crippen LogP contribution in [0, 0.1) is 17.7 Å². The number of carbonyl (C=O) groups is 2. The van der Waals surface area contributed by atoms with Gasteiger partial charge in [0.05, 0.1) is 11.6 Å². The van der Waals surface area contributed by atoms with Gasteiger partial charge in [-0.05, 0) is 68.8 Å². The third-order valence-electron chi connectivity index (χ3n) is 5.55. The van der Waals surface area contributed by atoms with E-state index in [1.807, 2.05) is 0 Å². The summed E-state index contributed by atoms with van der Waals surface area (Å²) in [6.45, 7) is 1.92. The maximum Gasteiger partial charge on any atom is 0.503 e. The topological polar surface area (TPSA) is 89.9 Å². The first kappa shape index (κ1) is 24.9. The Balaban J connectivity index is 0.000000785. The molecule has 2 aliphatic rings. The monoisotopic (exact) mass is 448 g/mol. The van der Waals surface area contributed by atoms with Gasteiger partial charge in [-0.25, -0.2) is 9.18 Å². The summed E-state index contributed by atoms with van der Waals surface area (Å²) in [5, 5.41) is 16.4. The van der Waals surface area contributed by atoms with E-state index in [1.165, 1.54) is 6.07 Å². The largest absolute Gasteiger partial charge is 0.503 e. The summed E-state index contributed by atoms with van der Waals surface area (Å²) in [5.41, 5.74) is 0.863. The SMILES string of the molecule is CC(C(C(=O)Nc1cc(CC2CC2)ccc1F)N1CCCCC1)C(F)(F)F.O=C(O)O. The van der Waals surface area contributed by atoms with Gasteiger partial charge in [0.2, 0.25) is 5.91 Å². The minimum absolute atomic E-state index is 0.0328. The molecule has 0 radical (unpaired) electrons. The first-order valence-electron chi connectivity index (χ1n) is 10.3. The molecule has 0 bridgehead atoms. The Morgan fingerprint density at radius 1 is 1.16 bits per heavy atom. The van der Waals surface area contributed by atoms with E-state index in [-0.39, 0.29) is 5.69 Å². The van der Waals surface area contributed by atoms with Crippen LogP contribution in [0.25, 0.3) is 0 Å². The number of rotatable bonds is 6. The maximum atomic E-state index is 14.2. The number of carbonyl (C=O) groups excluding carboxylic acids is 1. The molecular formula is C21H28F4N2O4. The van der Waals surface area contributed by atoms with Gasteiger partial charge < -0.3 is 15.5 Å². The minimum Gasteiger partial charge on any atom is -0.450 e. The molecule has 3 rings (SSSR count). The fourth-order valence-corrected chi connectivity index (χ4v) is 3.74. The number of nitrogens with one attached hydrogen (secondary N) is 1. The second-order valence-electron chi connectivity index (χ2n) is 8.11. The smallest absolute Gasteiger partial charge is 0.450 e. The Kier molecular flexibility index (Phi) is 8.67. The Morgan fingerprint density at radius 2 is 1.74 bits per heavy atom. The molecule has 0 spiro atoms. The number of piperidine rings is 1. The number of alkyl halides is 3. The summed E-state index contributed by atoms with van der Waals surface area (Å²) in [6.07, 6.45) is -0.774. The highest BCUT2D eigenvalue weighted by Crippen LogP contribution is 2.34. The fourth-order valence-electron chi connectivity index (χ4n) is 3.74. The Hall–Kier alpha value is -2.36. The molecule has 31 heavy (non-hydrogen) atoms. The Bertz CT molecular complexity index is 758. The molecule has 1 aliphatic heterocycles. The highest BCUT2D eigenvalue weighted by molar-refractivity contribution is 5.95. The van der Waals surface area contributed by atoms with Crippen molar-refractivity contribution in [3.63, 3.8) is 0 Å². The molecule has 2 atom stereocenters. The van der Waals surface area contributed by atoms with Crippen LogP contribution in [-0.4, -0.2) is 52.5 Å². The standard InChI is InChI=1S/C20H26F4N2O.CH2O3/c1-13(20(22,23)24)18(26-9-3-2-4-10-26)19(27)25-17-12-15(7-8-16(17)21)11-14-5-6-14;2-1(3)4/h7-8,12-14,18H,2-6,9-11H2,1H3,(H,25,27);(H2,2,3,4). The second kappa shape index (κ2) is 10.8. The summed E-state index contributed by atoms with van der Waals surface area (Å²) in [7, 11) is 0. The van der Waals surface area contributed by atoms with Crippen LogP contribution in [0.1, 0.15) is 44.6 Å². The van der Waals surface area contributed by atoms with Crippen LogP contribution in [0.4, 0.5) is 28.0 Å². The lowest BCUT2D eigenvalue weighted by Gasteiger charge is -2.37. The molecule has 2 fully saturated rings. The van der Waals surface area contributed by atoms with Gasteiger partial charge in [0.15, 0.2) is 0 Å². The Labute approximate surface area is 178 Å². The predicted molar refractivity (Wildman–Crippen MR) is 107 cm³/mol. The minimum atomic E-state index is -4.49. The molecule has 10 heteroatoms. The second-order valence-corrected chi connectivity index (χ2v) is 8.11. The summed E-state index contributed by atoms with van der Waals surface area (Å²) in [4.78, 5) is 22.9. The zero-order valence-corrected chi connectivity index (χ0v) is 17.3. The number of benzene rings is 1. The van der Waals surface area contributed by atoms with Gasteiger partial charge in [-0.1, -0.05) is 19.4 Å². The van der Waals surface area contributed by atoms with Gasteiger partial charge in [-0.15, -0.1) is 0 Å². The van der Waals surface area contributed by atoms with Crippen molar-refractivity contribution < 1.29 is 37.4 Å². The van der Waals surface area contributed by atoms with E-state index in [4.69, 9.17) is 15.0 Å². The van der Waals surface area contributed by atoms with Gasteiger partial charge in [0, 0.05) is 0 Å². The first-order chi connectivity index (χ1) is 14.5. The third kappa shape index (κ3) is 8.01. The lowest BCUT2D eigenvalue weighted by molar-refractivity contribution is -0.189. The summed E-state index contributed by atoms with van der Waals surface area (Å²) in [5.74, 6) is -2.65. The van der Waals surface area contributed by atoms with Gasteiger partial charge in [0.25, 0.3) is 0 Å². The molecule has 0 aromatic heterocycles. The molecular weight excluding hydrogens is 420 g/mol. The van der Waals surface area contributed by atoms with E-state index >= 15 is 0 Å². The molecule has 1 saturated carbocycles. The van der Waals surface area contributed by atoms with Crippen molar-refractivity contribution in [2.45, 2.75) is 57.7 Å². The van der Waals surface area contributed by atoms with E-state index in [1.54, 1.807) is 17.0 Å². The molecule has 6 nitrogen and oxygen atoms in total. The highest BCUT2D eigenvalue weighted by atomic mass is 19.4. The van der Waals surface area contributed by atoms with Crippen LogP contribution in [-0.2, 0) is 11.2 Å². The van der Waals surface area contributed by atoms with Crippen LogP contribution in [0.3, 0.4) is 0 Å².